The van der Waals surface area contributed by atoms with Crippen LogP contribution in [0.15, 0.2) is 42.5 Å². The molecule has 5 N–H and O–H groups in total. The van der Waals surface area contributed by atoms with E-state index in [-0.39, 0.29) is 18.1 Å². The van der Waals surface area contributed by atoms with Gasteiger partial charge < -0.3 is 21.5 Å². The minimum Gasteiger partial charge on any atom is -0.477 e. The molecule has 8 heteroatoms. The van der Waals surface area contributed by atoms with Gasteiger partial charge in [0, 0.05) is 25.1 Å². The van der Waals surface area contributed by atoms with Gasteiger partial charge in [-0.15, -0.1) is 0 Å². The molecular formula is C18H19Cl2N3O3. The number of primary amides is 1. The van der Waals surface area contributed by atoms with E-state index in [2.05, 4.69) is 5.32 Å². The Labute approximate surface area is 161 Å². The summed E-state index contributed by atoms with van der Waals surface area (Å²) in [7, 11) is 0. The summed E-state index contributed by atoms with van der Waals surface area (Å²) in [4.78, 5) is 23.8. The van der Waals surface area contributed by atoms with E-state index in [4.69, 9.17) is 39.4 Å². The number of amides is 2. The van der Waals surface area contributed by atoms with Crippen molar-refractivity contribution < 1.29 is 14.3 Å². The van der Waals surface area contributed by atoms with Gasteiger partial charge in [0.15, 0.2) is 11.9 Å². The van der Waals surface area contributed by atoms with Crippen molar-refractivity contribution in [1.82, 2.24) is 5.32 Å². The van der Waals surface area contributed by atoms with Gasteiger partial charge in [0.05, 0.1) is 10.0 Å². The van der Waals surface area contributed by atoms with Crippen LogP contribution in [-0.4, -0.2) is 31.0 Å². The quantitative estimate of drug-likeness (QED) is 0.636. The van der Waals surface area contributed by atoms with Gasteiger partial charge in [-0.25, -0.2) is 0 Å². The lowest BCUT2D eigenvalue weighted by Crippen LogP contribution is -2.41. The minimum atomic E-state index is -0.915. The van der Waals surface area contributed by atoms with Crippen molar-refractivity contribution in [3.8, 4) is 5.75 Å². The Kier molecular flexibility index (Phi) is 7.26. The summed E-state index contributed by atoms with van der Waals surface area (Å²) in [5.41, 5.74) is 11.8. The number of nitrogens with two attached hydrogens (primary N) is 2. The van der Waals surface area contributed by atoms with Crippen LogP contribution in [0.3, 0.4) is 0 Å². The average molecular weight is 396 g/mol. The van der Waals surface area contributed by atoms with E-state index in [1.807, 2.05) is 0 Å². The van der Waals surface area contributed by atoms with Crippen molar-refractivity contribution in [1.29, 1.82) is 0 Å². The Balaban J connectivity index is 2.27. The lowest BCUT2D eigenvalue weighted by Gasteiger charge is -2.20. The maximum Gasteiger partial charge on any atom is 0.261 e. The van der Waals surface area contributed by atoms with Crippen LogP contribution in [0, 0.1) is 0 Å². The van der Waals surface area contributed by atoms with Crippen molar-refractivity contribution in [3.63, 3.8) is 0 Å². The molecule has 1 unspecified atom stereocenters. The first-order valence-electron chi connectivity index (χ1n) is 7.89. The Bertz CT molecular complexity index is 779. The van der Waals surface area contributed by atoms with E-state index < -0.39 is 12.0 Å². The number of carbonyl (C=O) groups excluding carboxylic acids is 2. The molecule has 6 nitrogen and oxygen atoms in total. The van der Waals surface area contributed by atoms with Gasteiger partial charge in [-0.05, 0) is 29.8 Å². The van der Waals surface area contributed by atoms with Crippen molar-refractivity contribution in [3.05, 3.63) is 63.6 Å². The van der Waals surface area contributed by atoms with Gasteiger partial charge in [-0.2, -0.15) is 0 Å². The molecule has 1 atom stereocenters. The molecule has 0 spiro atoms. The predicted molar refractivity (Wildman–Crippen MR) is 102 cm³/mol. The average Bonchev–Trinajstić information content (AvgIpc) is 2.62. The molecule has 138 valence electrons. The predicted octanol–water partition coefficient (Wildman–Crippen LogP) is 2.16. The summed E-state index contributed by atoms with van der Waals surface area (Å²) in [5.74, 6) is -0.697. The van der Waals surface area contributed by atoms with E-state index >= 15 is 0 Å². The zero-order chi connectivity index (χ0) is 19.1. The van der Waals surface area contributed by atoms with Crippen LogP contribution in [-0.2, 0) is 11.2 Å². The lowest BCUT2D eigenvalue weighted by molar-refractivity contribution is -0.127. The Morgan fingerprint density at radius 2 is 1.77 bits per heavy atom. The summed E-state index contributed by atoms with van der Waals surface area (Å²) in [6.45, 7) is 0.596. The van der Waals surface area contributed by atoms with Gasteiger partial charge in [0.1, 0.15) is 0 Å². The topological polar surface area (TPSA) is 107 Å². The number of hydrogen-bond acceptors (Lipinski definition) is 4. The minimum absolute atomic E-state index is 0.194. The molecule has 2 amide bonds. The van der Waals surface area contributed by atoms with Crippen LogP contribution in [0.2, 0.25) is 10.0 Å². The highest BCUT2D eigenvalue weighted by molar-refractivity contribution is 6.37. The molecule has 0 saturated carbocycles. The number of hydrogen-bond donors (Lipinski definition) is 3. The molecule has 0 bridgehead atoms. The third-order valence-corrected chi connectivity index (χ3v) is 4.14. The highest BCUT2D eigenvalue weighted by atomic mass is 35.5. The van der Waals surface area contributed by atoms with Gasteiger partial charge in [-0.1, -0.05) is 41.4 Å². The fourth-order valence-electron chi connectivity index (χ4n) is 2.30. The number of rotatable bonds is 8. The lowest BCUT2D eigenvalue weighted by atomic mass is 10.0. The molecule has 26 heavy (non-hydrogen) atoms. The van der Waals surface area contributed by atoms with Crippen LogP contribution in [0.1, 0.15) is 15.9 Å². The maximum atomic E-state index is 12.5. The SMILES string of the molecule is NCCNC(=O)C(Cc1cccc(C(N)=O)c1)Oc1c(Cl)cccc1Cl. The Hall–Kier alpha value is -2.28. The molecule has 2 rings (SSSR count). The summed E-state index contributed by atoms with van der Waals surface area (Å²) < 4.78 is 5.81. The second-order valence-electron chi connectivity index (χ2n) is 5.51. The van der Waals surface area contributed by atoms with Crippen molar-refractivity contribution in [2.24, 2.45) is 11.5 Å². The Morgan fingerprint density at radius 3 is 2.38 bits per heavy atom. The van der Waals surface area contributed by atoms with Gasteiger partial charge >= 0.3 is 0 Å². The Morgan fingerprint density at radius 1 is 1.12 bits per heavy atom. The monoisotopic (exact) mass is 395 g/mol. The van der Waals surface area contributed by atoms with Crippen LogP contribution < -0.4 is 21.5 Å². The largest absolute Gasteiger partial charge is 0.477 e. The van der Waals surface area contributed by atoms with E-state index in [1.54, 1.807) is 42.5 Å². The molecule has 0 aromatic heterocycles. The van der Waals surface area contributed by atoms with E-state index in [0.717, 1.165) is 0 Å². The summed E-state index contributed by atoms with van der Waals surface area (Å²) in [5, 5.41) is 3.27. The van der Waals surface area contributed by atoms with E-state index in [0.29, 0.717) is 34.3 Å². The number of carbonyl (C=O) groups is 2. The maximum absolute atomic E-state index is 12.5. The van der Waals surface area contributed by atoms with Gasteiger partial charge in [0.2, 0.25) is 5.91 Å². The normalized spacial score (nSPS) is 11.7. The van der Waals surface area contributed by atoms with Crippen LogP contribution in [0.5, 0.6) is 5.75 Å². The highest BCUT2D eigenvalue weighted by Gasteiger charge is 2.23. The summed E-state index contributed by atoms with van der Waals surface area (Å²) in [6.07, 6.45) is -0.721. The highest BCUT2D eigenvalue weighted by Crippen LogP contribution is 2.33. The molecule has 0 aliphatic carbocycles. The third kappa shape index (κ3) is 5.36. The first-order valence-corrected chi connectivity index (χ1v) is 8.65. The summed E-state index contributed by atoms with van der Waals surface area (Å²) in [6, 6.07) is 11.6. The molecule has 0 aliphatic heterocycles. The summed E-state index contributed by atoms with van der Waals surface area (Å²) >= 11 is 12.3. The van der Waals surface area contributed by atoms with Gasteiger partial charge in [-0.3, -0.25) is 9.59 Å². The van der Waals surface area contributed by atoms with Gasteiger partial charge in [0.25, 0.3) is 5.91 Å². The number of para-hydroxylation sites is 1. The molecule has 2 aromatic rings. The van der Waals surface area contributed by atoms with Crippen molar-refractivity contribution >= 4 is 35.0 Å². The number of nitrogens with one attached hydrogen (secondary N) is 1. The zero-order valence-corrected chi connectivity index (χ0v) is 15.4. The van der Waals surface area contributed by atoms with E-state index in [1.165, 1.54) is 0 Å². The molecule has 0 saturated heterocycles. The molecule has 2 aromatic carbocycles. The van der Waals surface area contributed by atoms with Crippen LogP contribution in [0.4, 0.5) is 0 Å². The number of benzene rings is 2. The molecule has 0 heterocycles. The zero-order valence-electron chi connectivity index (χ0n) is 13.9. The smallest absolute Gasteiger partial charge is 0.261 e. The second kappa shape index (κ2) is 9.43. The molecular weight excluding hydrogens is 377 g/mol. The standard InChI is InChI=1S/C18H19Cl2N3O3/c19-13-5-2-6-14(20)16(13)26-15(18(25)23-8-7-21)10-11-3-1-4-12(9-11)17(22)24/h1-6,9,15H,7-8,10,21H2,(H2,22,24)(H,23,25). The fourth-order valence-corrected chi connectivity index (χ4v) is 2.79. The first-order chi connectivity index (χ1) is 12.4. The number of ether oxygens (including phenoxy) is 1. The van der Waals surface area contributed by atoms with Crippen molar-refractivity contribution in [2.75, 3.05) is 13.1 Å². The second-order valence-corrected chi connectivity index (χ2v) is 6.32. The molecule has 0 radical (unpaired) electrons. The van der Waals surface area contributed by atoms with E-state index in [9.17, 15) is 9.59 Å². The number of halogens is 2. The molecule has 0 fully saturated rings. The fraction of sp³-hybridized carbons (Fsp3) is 0.222. The van der Waals surface area contributed by atoms with Crippen LogP contribution in [0.25, 0.3) is 0 Å². The van der Waals surface area contributed by atoms with Crippen LogP contribution >= 0.6 is 23.2 Å². The first kappa shape index (κ1) is 20.0. The molecule has 0 aliphatic rings. The van der Waals surface area contributed by atoms with Crippen molar-refractivity contribution in [2.45, 2.75) is 12.5 Å². The third-order valence-electron chi connectivity index (χ3n) is 3.55.